The summed E-state index contributed by atoms with van der Waals surface area (Å²) in [5.41, 5.74) is 2.75. The molecule has 4 rings (SSSR count). The topological polar surface area (TPSA) is 71.9 Å². The standard InChI is InChI=1S/C20H17BrClN3O3S/c1-28-18-8-4-6-13-10-15(20(22)23-19(13)18)17-11-16(24-25(17)29(2,26)27)12-5-3-7-14(21)9-12/h3-10,17H,11H2,1-2H3. The van der Waals surface area contributed by atoms with Crippen LogP contribution in [0.1, 0.15) is 23.6 Å². The van der Waals surface area contributed by atoms with Crippen LogP contribution in [0.25, 0.3) is 10.9 Å². The van der Waals surface area contributed by atoms with E-state index in [1.54, 1.807) is 13.2 Å². The van der Waals surface area contributed by atoms with Gasteiger partial charge in [-0.1, -0.05) is 51.8 Å². The van der Waals surface area contributed by atoms with Crippen molar-refractivity contribution in [1.82, 2.24) is 9.40 Å². The first-order valence-electron chi connectivity index (χ1n) is 8.74. The second-order valence-electron chi connectivity index (χ2n) is 6.71. The third kappa shape index (κ3) is 3.84. The number of benzene rings is 2. The van der Waals surface area contributed by atoms with Crippen LogP contribution in [0.2, 0.25) is 5.15 Å². The van der Waals surface area contributed by atoms with Crippen molar-refractivity contribution in [3.05, 3.63) is 69.3 Å². The van der Waals surface area contributed by atoms with Gasteiger partial charge in [0, 0.05) is 21.8 Å². The summed E-state index contributed by atoms with van der Waals surface area (Å²) in [7, 11) is -2.04. The number of para-hydroxylation sites is 1. The molecule has 0 saturated carbocycles. The minimum Gasteiger partial charge on any atom is -0.494 e. The zero-order chi connectivity index (χ0) is 20.8. The number of aromatic nitrogens is 1. The molecule has 0 radical (unpaired) electrons. The van der Waals surface area contributed by atoms with Gasteiger partial charge in [0.05, 0.1) is 25.1 Å². The van der Waals surface area contributed by atoms with Gasteiger partial charge in [0.2, 0.25) is 10.0 Å². The van der Waals surface area contributed by atoms with Crippen LogP contribution in [0.3, 0.4) is 0 Å². The molecule has 29 heavy (non-hydrogen) atoms. The van der Waals surface area contributed by atoms with E-state index in [0.717, 1.165) is 26.1 Å². The molecule has 0 fully saturated rings. The Hall–Kier alpha value is -2.16. The molecule has 6 nitrogen and oxygen atoms in total. The van der Waals surface area contributed by atoms with E-state index >= 15 is 0 Å². The van der Waals surface area contributed by atoms with E-state index in [-0.39, 0.29) is 5.15 Å². The van der Waals surface area contributed by atoms with Gasteiger partial charge >= 0.3 is 0 Å². The van der Waals surface area contributed by atoms with Gasteiger partial charge in [-0.05, 0) is 29.8 Å². The van der Waals surface area contributed by atoms with Crippen molar-refractivity contribution in [2.75, 3.05) is 13.4 Å². The van der Waals surface area contributed by atoms with Gasteiger partial charge in [0.15, 0.2) is 0 Å². The van der Waals surface area contributed by atoms with Crippen LogP contribution in [-0.4, -0.2) is 36.9 Å². The normalized spacial score (nSPS) is 16.9. The minimum atomic E-state index is -3.61. The van der Waals surface area contributed by atoms with Crippen molar-refractivity contribution in [3.8, 4) is 5.75 Å². The van der Waals surface area contributed by atoms with Gasteiger partial charge in [-0.2, -0.15) is 9.52 Å². The van der Waals surface area contributed by atoms with Gasteiger partial charge in [0.25, 0.3) is 0 Å². The second-order valence-corrected chi connectivity index (χ2v) is 9.83. The first-order valence-corrected chi connectivity index (χ1v) is 11.8. The van der Waals surface area contributed by atoms with Gasteiger partial charge < -0.3 is 4.74 Å². The fourth-order valence-corrected chi connectivity index (χ4v) is 4.99. The number of hydrogen-bond acceptors (Lipinski definition) is 5. The number of halogens is 2. The van der Waals surface area contributed by atoms with Crippen molar-refractivity contribution in [2.24, 2.45) is 5.10 Å². The highest BCUT2D eigenvalue weighted by molar-refractivity contribution is 9.10. The van der Waals surface area contributed by atoms with E-state index in [9.17, 15) is 8.42 Å². The highest BCUT2D eigenvalue weighted by atomic mass is 79.9. The largest absolute Gasteiger partial charge is 0.494 e. The van der Waals surface area contributed by atoms with Crippen LogP contribution < -0.4 is 4.74 Å². The van der Waals surface area contributed by atoms with Gasteiger partial charge in [-0.25, -0.2) is 13.4 Å². The van der Waals surface area contributed by atoms with Gasteiger partial charge in [-0.3, -0.25) is 0 Å². The summed E-state index contributed by atoms with van der Waals surface area (Å²) < 4.78 is 32.3. The van der Waals surface area contributed by atoms with Gasteiger partial charge in [-0.15, -0.1) is 0 Å². The molecule has 0 spiro atoms. The molecular weight excluding hydrogens is 478 g/mol. The summed E-state index contributed by atoms with van der Waals surface area (Å²) >= 11 is 9.95. The molecule has 150 valence electrons. The molecule has 1 atom stereocenters. The first kappa shape index (κ1) is 20.1. The molecule has 9 heteroatoms. The molecule has 0 N–H and O–H groups in total. The van der Waals surface area contributed by atoms with Crippen LogP contribution in [0, 0.1) is 0 Å². The zero-order valence-corrected chi connectivity index (χ0v) is 18.8. The maximum Gasteiger partial charge on any atom is 0.247 e. The predicted octanol–water partition coefficient (Wildman–Crippen LogP) is 4.77. The quantitative estimate of drug-likeness (QED) is 0.490. The molecular formula is C20H17BrClN3O3S. The second kappa shape index (κ2) is 7.59. The molecule has 0 saturated heterocycles. The Morgan fingerprint density at radius 2 is 1.97 bits per heavy atom. The number of nitrogens with zero attached hydrogens (tertiary/aromatic N) is 3. The number of rotatable bonds is 4. The van der Waals surface area contributed by atoms with E-state index in [1.807, 2.05) is 42.5 Å². The van der Waals surface area contributed by atoms with Crippen molar-refractivity contribution >= 4 is 54.2 Å². The molecule has 1 aromatic heterocycles. The van der Waals surface area contributed by atoms with Crippen LogP contribution in [0.15, 0.2) is 58.1 Å². The number of methoxy groups -OCH3 is 1. The Balaban J connectivity index is 1.82. The Morgan fingerprint density at radius 1 is 1.21 bits per heavy atom. The number of pyridine rings is 1. The predicted molar refractivity (Wildman–Crippen MR) is 118 cm³/mol. The molecule has 0 amide bonds. The average molecular weight is 495 g/mol. The Morgan fingerprint density at radius 3 is 2.66 bits per heavy atom. The fraction of sp³-hybridized carbons (Fsp3) is 0.200. The monoisotopic (exact) mass is 493 g/mol. The van der Waals surface area contributed by atoms with Crippen molar-refractivity contribution in [1.29, 1.82) is 0 Å². The number of ether oxygens (including phenoxy) is 1. The molecule has 0 bridgehead atoms. The summed E-state index contributed by atoms with van der Waals surface area (Å²) in [6.45, 7) is 0. The highest BCUT2D eigenvalue weighted by Gasteiger charge is 2.36. The summed E-state index contributed by atoms with van der Waals surface area (Å²) in [6, 6.07) is 14.4. The lowest BCUT2D eigenvalue weighted by Gasteiger charge is -2.22. The van der Waals surface area contributed by atoms with Crippen molar-refractivity contribution in [3.63, 3.8) is 0 Å². The molecule has 1 unspecified atom stereocenters. The lowest BCUT2D eigenvalue weighted by Crippen LogP contribution is -2.26. The number of hydrogen-bond donors (Lipinski definition) is 0. The average Bonchev–Trinajstić information content (AvgIpc) is 3.13. The number of hydrazone groups is 1. The molecule has 0 aliphatic carbocycles. The molecule has 2 heterocycles. The van der Waals surface area contributed by atoms with Crippen LogP contribution >= 0.6 is 27.5 Å². The molecule has 1 aliphatic rings. The highest BCUT2D eigenvalue weighted by Crippen LogP contribution is 2.39. The smallest absolute Gasteiger partial charge is 0.247 e. The van der Waals surface area contributed by atoms with E-state index in [1.165, 1.54) is 0 Å². The maximum atomic E-state index is 12.5. The summed E-state index contributed by atoms with van der Waals surface area (Å²) in [6.07, 6.45) is 1.53. The number of sulfonamides is 1. The maximum absolute atomic E-state index is 12.5. The van der Waals surface area contributed by atoms with E-state index < -0.39 is 16.1 Å². The summed E-state index contributed by atoms with van der Waals surface area (Å²) in [5.74, 6) is 0.605. The number of fused-ring (bicyclic) bond motifs is 1. The summed E-state index contributed by atoms with van der Waals surface area (Å²) in [4.78, 5) is 4.48. The SMILES string of the molecule is COc1cccc2cc(C3CC(c4cccc(Br)c4)=NN3S(C)(=O)=O)c(Cl)nc12. The zero-order valence-electron chi connectivity index (χ0n) is 15.6. The molecule has 3 aromatic rings. The third-order valence-corrected chi connectivity index (χ3v) is 6.55. The van der Waals surface area contributed by atoms with Crippen molar-refractivity contribution in [2.45, 2.75) is 12.5 Å². The Labute approximate surface area is 182 Å². The lowest BCUT2D eigenvalue weighted by atomic mass is 9.99. The van der Waals surface area contributed by atoms with Crippen molar-refractivity contribution < 1.29 is 13.2 Å². The Kier molecular flexibility index (Phi) is 5.27. The third-order valence-electron chi connectivity index (χ3n) is 4.74. The van der Waals surface area contributed by atoms with E-state index in [0.29, 0.717) is 29.0 Å². The molecule has 2 aromatic carbocycles. The van der Waals surface area contributed by atoms with Crippen LogP contribution in [-0.2, 0) is 10.0 Å². The summed E-state index contributed by atoms with van der Waals surface area (Å²) in [5, 5.41) is 5.45. The first-order chi connectivity index (χ1) is 13.8. The van der Waals surface area contributed by atoms with E-state index in [2.05, 4.69) is 26.0 Å². The van der Waals surface area contributed by atoms with Crippen LogP contribution in [0.4, 0.5) is 0 Å². The Bertz CT molecular complexity index is 1250. The van der Waals surface area contributed by atoms with Crippen LogP contribution in [0.5, 0.6) is 5.75 Å². The van der Waals surface area contributed by atoms with E-state index in [4.69, 9.17) is 16.3 Å². The van der Waals surface area contributed by atoms with Gasteiger partial charge in [0.1, 0.15) is 16.4 Å². The lowest BCUT2D eigenvalue weighted by molar-refractivity contribution is 0.374. The minimum absolute atomic E-state index is 0.228. The fourth-order valence-electron chi connectivity index (χ4n) is 3.43. The molecule has 1 aliphatic heterocycles.